The molecular formula is C12H17Br. The molecule has 72 valence electrons. The normalized spacial score (nSPS) is 10.3. The molecule has 0 spiro atoms. The second kappa shape index (κ2) is 6.20. The Bertz CT molecular complexity index is 243. The van der Waals surface area contributed by atoms with Gasteiger partial charge in [0, 0.05) is 5.33 Å². The van der Waals surface area contributed by atoms with Gasteiger partial charge in [-0.3, -0.25) is 0 Å². The third-order valence-corrected chi connectivity index (χ3v) is 2.78. The van der Waals surface area contributed by atoms with E-state index in [-0.39, 0.29) is 0 Å². The molecule has 0 saturated carbocycles. The highest BCUT2D eigenvalue weighted by Crippen LogP contribution is 2.13. The second-order valence-electron chi connectivity index (χ2n) is 3.31. The third-order valence-electron chi connectivity index (χ3n) is 2.22. The van der Waals surface area contributed by atoms with Crippen molar-refractivity contribution in [2.45, 2.75) is 32.6 Å². The van der Waals surface area contributed by atoms with Crippen molar-refractivity contribution >= 4 is 15.9 Å². The topological polar surface area (TPSA) is 0 Å². The van der Waals surface area contributed by atoms with Crippen molar-refractivity contribution in [2.24, 2.45) is 0 Å². The van der Waals surface area contributed by atoms with E-state index in [1.807, 2.05) is 0 Å². The Morgan fingerprint density at radius 2 is 1.69 bits per heavy atom. The van der Waals surface area contributed by atoms with Gasteiger partial charge in [0.05, 0.1) is 0 Å². The van der Waals surface area contributed by atoms with Gasteiger partial charge < -0.3 is 0 Å². The lowest BCUT2D eigenvalue weighted by molar-refractivity contribution is 0.868. The lowest BCUT2D eigenvalue weighted by Crippen LogP contribution is -1.94. The maximum absolute atomic E-state index is 3.47. The van der Waals surface area contributed by atoms with Crippen molar-refractivity contribution in [3.8, 4) is 0 Å². The number of hydrogen-bond acceptors (Lipinski definition) is 0. The van der Waals surface area contributed by atoms with Gasteiger partial charge in [0.25, 0.3) is 0 Å². The number of alkyl halides is 1. The van der Waals surface area contributed by atoms with Crippen molar-refractivity contribution in [2.75, 3.05) is 5.33 Å². The molecule has 0 nitrogen and oxygen atoms in total. The van der Waals surface area contributed by atoms with Crippen molar-refractivity contribution < 1.29 is 0 Å². The minimum atomic E-state index is 1.10. The number of halogens is 1. The van der Waals surface area contributed by atoms with Crippen LogP contribution in [0.3, 0.4) is 0 Å². The molecule has 0 fully saturated rings. The van der Waals surface area contributed by atoms with Gasteiger partial charge >= 0.3 is 0 Å². The van der Waals surface area contributed by atoms with Gasteiger partial charge in [-0.05, 0) is 30.4 Å². The van der Waals surface area contributed by atoms with Crippen LogP contribution in [-0.4, -0.2) is 5.33 Å². The van der Waals surface area contributed by atoms with E-state index in [9.17, 15) is 0 Å². The summed E-state index contributed by atoms with van der Waals surface area (Å²) in [5.41, 5.74) is 3.06. The molecular weight excluding hydrogens is 224 g/mol. The lowest BCUT2D eigenvalue weighted by atomic mass is 10.00. The first-order chi connectivity index (χ1) is 6.38. The van der Waals surface area contributed by atoms with Crippen LogP contribution in [0.25, 0.3) is 0 Å². The summed E-state index contributed by atoms with van der Waals surface area (Å²) in [6.07, 6.45) is 4.91. The standard InChI is InChI=1S/C12H17Br/c1-2-6-11-7-3-4-8-12(11)9-5-10-13/h3-4,7-8H,2,5-6,9-10H2,1H3. The van der Waals surface area contributed by atoms with Crippen LogP contribution in [0.1, 0.15) is 30.9 Å². The SMILES string of the molecule is CCCc1ccccc1CCCBr. The monoisotopic (exact) mass is 240 g/mol. The first-order valence-corrected chi connectivity index (χ1v) is 6.13. The zero-order valence-corrected chi connectivity index (χ0v) is 9.81. The summed E-state index contributed by atoms with van der Waals surface area (Å²) in [5.74, 6) is 0. The Balaban J connectivity index is 2.66. The maximum Gasteiger partial charge on any atom is 0.00344 e. The molecule has 1 aromatic rings. The van der Waals surface area contributed by atoms with Gasteiger partial charge in [-0.25, -0.2) is 0 Å². The summed E-state index contributed by atoms with van der Waals surface area (Å²) in [5, 5.41) is 1.10. The minimum Gasteiger partial charge on any atom is -0.0928 e. The summed E-state index contributed by atoms with van der Waals surface area (Å²) in [4.78, 5) is 0. The van der Waals surface area contributed by atoms with Crippen molar-refractivity contribution in [3.05, 3.63) is 35.4 Å². The highest BCUT2D eigenvalue weighted by atomic mass is 79.9. The smallest absolute Gasteiger partial charge is 0.00344 e. The maximum atomic E-state index is 3.47. The summed E-state index contributed by atoms with van der Waals surface area (Å²) in [7, 11) is 0. The molecule has 0 aliphatic carbocycles. The van der Waals surface area contributed by atoms with Crippen molar-refractivity contribution in [1.29, 1.82) is 0 Å². The van der Waals surface area contributed by atoms with Crippen LogP contribution < -0.4 is 0 Å². The first-order valence-electron chi connectivity index (χ1n) is 5.01. The molecule has 1 heteroatoms. The van der Waals surface area contributed by atoms with Crippen LogP contribution >= 0.6 is 15.9 Å². The van der Waals surface area contributed by atoms with Gasteiger partial charge in [0.2, 0.25) is 0 Å². The fourth-order valence-corrected chi connectivity index (χ4v) is 1.85. The van der Waals surface area contributed by atoms with Crippen molar-refractivity contribution in [1.82, 2.24) is 0 Å². The van der Waals surface area contributed by atoms with Gasteiger partial charge in [0.1, 0.15) is 0 Å². The molecule has 13 heavy (non-hydrogen) atoms. The molecule has 1 rings (SSSR count). The van der Waals surface area contributed by atoms with Crippen LogP contribution in [0, 0.1) is 0 Å². The molecule has 0 N–H and O–H groups in total. The zero-order chi connectivity index (χ0) is 9.52. The Kier molecular flexibility index (Phi) is 5.14. The quantitative estimate of drug-likeness (QED) is 0.684. The third kappa shape index (κ3) is 3.51. The molecule has 0 atom stereocenters. The predicted molar refractivity (Wildman–Crippen MR) is 62.6 cm³/mol. The highest BCUT2D eigenvalue weighted by molar-refractivity contribution is 9.09. The average Bonchev–Trinajstić information content (AvgIpc) is 2.17. The average molecular weight is 241 g/mol. The largest absolute Gasteiger partial charge is 0.0928 e. The van der Waals surface area contributed by atoms with Gasteiger partial charge in [0.15, 0.2) is 0 Å². The molecule has 0 amide bonds. The molecule has 0 aliphatic rings. The van der Waals surface area contributed by atoms with Gasteiger partial charge in [-0.1, -0.05) is 53.5 Å². The fraction of sp³-hybridized carbons (Fsp3) is 0.500. The van der Waals surface area contributed by atoms with E-state index in [0.29, 0.717) is 0 Å². The summed E-state index contributed by atoms with van der Waals surface area (Å²) in [6.45, 7) is 2.24. The lowest BCUT2D eigenvalue weighted by Gasteiger charge is -2.06. The molecule has 0 unspecified atom stereocenters. The van der Waals surface area contributed by atoms with E-state index in [2.05, 4.69) is 47.1 Å². The molecule has 0 bridgehead atoms. The first kappa shape index (κ1) is 10.8. The Morgan fingerprint density at radius 3 is 2.23 bits per heavy atom. The Labute approximate surface area is 89.5 Å². The fourth-order valence-electron chi connectivity index (χ4n) is 1.57. The van der Waals surface area contributed by atoms with Crippen LogP contribution in [0.4, 0.5) is 0 Å². The summed E-state index contributed by atoms with van der Waals surface area (Å²) < 4.78 is 0. The Morgan fingerprint density at radius 1 is 1.08 bits per heavy atom. The molecule has 0 heterocycles. The highest BCUT2D eigenvalue weighted by Gasteiger charge is 1.99. The van der Waals surface area contributed by atoms with Crippen LogP contribution in [0.5, 0.6) is 0 Å². The van der Waals surface area contributed by atoms with E-state index >= 15 is 0 Å². The van der Waals surface area contributed by atoms with Gasteiger partial charge in [-0.15, -0.1) is 0 Å². The predicted octanol–water partition coefficient (Wildman–Crippen LogP) is 3.97. The number of aryl methyl sites for hydroxylation is 2. The van der Waals surface area contributed by atoms with Gasteiger partial charge in [-0.2, -0.15) is 0 Å². The number of rotatable bonds is 5. The molecule has 0 saturated heterocycles. The Hall–Kier alpha value is -0.300. The number of hydrogen-bond donors (Lipinski definition) is 0. The second-order valence-corrected chi connectivity index (χ2v) is 4.10. The number of benzene rings is 1. The molecule has 1 aromatic carbocycles. The van der Waals surface area contributed by atoms with E-state index in [1.165, 1.54) is 36.8 Å². The zero-order valence-electron chi connectivity index (χ0n) is 8.22. The molecule has 0 aromatic heterocycles. The van der Waals surface area contributed by atoms with E-state index in [1.54, 1.807) is 0 Å². The molecule has 0 radical (unpaired) electrons. The summed E-state index contributed by atoms with van der Waals surface area (Å²) in [6, 6.07) is 8.80. The van der Waals surface area contributed by atoms with Crippen LogP contribution in [0.15, 0.2) is 24.3 Å². The molecule has 0 aliphatic heterocycles. The van der Waals surface area contributed by atoms with E-state index < -0.39 is 0 Å². The van der Waals surface area contributed by atoms with Crippen LogP contribution in [0.2, 0.25) is 0 Å². The van der Waals surface area contributed by atoms with E-state index in [4.69, 9.17) is 0 Å². The summed E-state index contributed by atoms with van der Waals surface area (Å²) >= 11 is 3.47. The van der Waals surface area contributed by atoms with Crippen molar-refractivity contribution in [3.63, 3.8) is 0 Å². The van der Waals surface area contributed by atoms with E-state index in [0.717, 1.165) is 5.33 Å². The van der Waals surface area contributed by atoms with Crippen LogP contribution in [-0.2, 0) is 12.8 Å². The minimum absolute atomic E-state index is 1.10.